The average Bonchev–Trinajstić information content (AvgIpc) is 2.41. The molecule has 21 heavy (non-hydrogen) atoms. The van der Waals surface area contributed by atoms with Crippen LogP contribution in [0.25, 0.3) is 0 Å². The third kappa shape index (κ3) is 7.31. The first-order valence-corrected chi connectivity index (χ1v) is 6.62. The minimum Gasteiger partial charge on any atom is -0.406 e. The number of hydrogen-bond acceptors (Lipinski definition) is 4. The van der Waals surface area contributed by atoms with Gasteiger partial charge in [-0.1, -0.05) is 19.1 Å². The van der Waals surface area contributed by atoms with E-state index in [1.807, 2.05) is 6.92 Å². The molecule has 1 aromatic rings. The van der Waals surface area contributed by atoms with Gasteiger partial charge in [0, 0.05) is 7.11 Å². The highest BCUT2D eigenvalue weighted by molar-refractivity contribution is 5.30. The molecular formula is C14H20F3NO3. The molecule has 7 heteroatoms. The molecular weight excluding hydrogens is 287 g/mol. The molecule has 0 saturated heterocycles. The van der Waals surface area contributed by atoms with Crippen molar-refractivity contribution in [2.24, 2.45) is 0 Å². The lowest BCUT2D eigenvalue weighted by molar-refractivity contribution is -0.274. The van der Waals surface area contributed by atoms with E-state index in [0.717, 1.165) is 0 Å². The van der Waals surface area contributed by atoms with Crippen molar-refractivity contribution < 1.29 is 27.4 Å². The van der Waals surface area contributed by atoms with Gasteiger partial charge in [0.2, 0.25) is 0 Å². The molecule has 0 heterocycles. The van der Waals surface area contributed by atoms with Crippen molar-refractivity contribution in [1.29, 1.82) is 0 Å². The molecule has 0 aliphatic carbocycles. The van der Waals surface area contributed by atoms with Crippen molar-refractivity contribution in [2.45, 2.75) is 19.3 Å². The molecule has 1 aromatic carbocycles. The Morgan fingerprint density at radius 1 is 1.24 bits per heavy atom. The fraction of sp³-hybridized carbons (Fsp3) is 0.571. The van der Waals surface area contributed by atoms with Crippen molar-refractivity contribution >= 4 is 0 Å². The van der Waals surface area contributed by atoms with Crippen LogP contribution in [0.3, 0.4) is 0 Å². The van der Waals surface area contributed by atoms with Crippen molar-refractivity contribution in [3.63, 3.8) is 0 Å². The number of ether oxygens (including phenoxy) is 3. The van der Waals surface area contributed by atoms with Crippen LogP contribution in [0.1, 0.15) is 18.5 Å². The van der Waals surface area contributed by atoms with Gasteiger partial charge in [0.15, 0.2) is 0 Å². The molecule has 0 bridgehead atoms. The summed E-state index contributed by atoms with van der Waals surface area (Å²) in [5, 5.41) is 3.16. The van der Waals surface area contributed by atoms with Crippen LogP contribution in [-0.2, 0) is 9.47 Å². The SMILES string of the molecule is CCNC(COCCOC)c1cccc(OC(F)(F)F)c1. The Morgan fingerprint density at radius 2 is 2.00 bits per heavy atom. The van der Waals surface area contributed by atoms with Crippen LogP contribution < -0.4 is 10.1 Å². The molecule has 0 saturated carbocycles. The molecule has 4 nitrogen and oxygen atoms in total. The number of alkyl halides is 3. The van der Waals surface area contributed by atoms with E-state index in [0.29, 0.717) is 31.9 Å². The highest BCUT2D eigenvalue weighted by atomic mass is 19.4. The van der Waals surface area contributed by atoms with Gasteiger partial charge in [-0.15, -0.1) is 13.2 Å². The van der Waals surface area contributed by atoms with E-state index in [-0.39, 0.29) is 11.8 Å². The zero-order valence-corrected chi connectivity index (χ0v) is 12.1. The van der Waals surface area contributed by atoms with Crippen molar-refractivity contribution in [2.75, 3.05) is 33.5 Å². The third-order valence-corrected chi connectivity index (χ3v) is 2.66. The van der Waals surface area contributed by atoms with Crippen LogP contribution in [0.4, 0.5) is 13.2 Å². The summed E-state index contributed by atoms with van der Waals surface area (Å²) in [6, 6.07) is 5.68. The Morgan fingerprint density at radius 3 is 2.62 bits per heavy atom. The second-order valence-electron chi connectivity index (χ2n) is 4.30. The number of hydrogen-bond donors (Lipinski definition) is 1. The molecule has 0 radical (unpaired) electrons. The summed E-state index contributed by atoms with van der Waals surface area (Å²) in [7, 11) is 1.57. The maximum atomic E-state index is 12.2. The highest BCUT2D eigenvalue weighted by Gasteiger charge is 2.31. The van der Waals surface area contributed by atoms with E-state index in [1.54, 1.807) is 13.2 Å². The van der Waals surface area contributed by atoms with Crippen LogP contribution in [0.5, 0.6) is 5.75 Å². The van der Waals surface area contributed by atoms with Crippen LogP contribution in [0.2, 0.25) is 0 Å². The summed E-state index contributed by atoms with van der Waals surface area (Å²) < 4.78 is 50.9. The molecule has 1 atom stereocenters. The molecule has 1 rings (SSSR count). The first-order valence-electron chi connectivity index (χ1n) is 6.62. The number of nitrogens with one attached hydrogen (secondary N) is 1. The van der Waals surface area contributed by atoms with Gasteiger partial charge in [-0.2, -0.15) is 0 Å². The third-order valence-electron chi connectivity index (χ3n) is 2.66. The van der Waals surface area contributed by atoms with E-state index in [1.165, 1.54) is 18.2 Å². The van der Waals surface area contributed by atoms with E-state index in [4.69, 9.17) is 9.47 Å². The van der Waals surface area contributed by atoms with Gasteiger partial charge < -0.3 is 19.5 Å². The highest BCUT2D eigenvalue weighted by Crippen LogP contribution is 2.25. The Hall–Kier alpha value is -1.31. The molecule has 0 amide bonds. The van der Waals surface area contributed by atoms with Gasteiger partial charge in [0.1, 0.15) is 5.75 Å². The molecule has 120 valence electrons. The van der Waals surface area contributed by atoms with Crippen molar-refractivity contribution in [3.05, 3.63) is 29.8 Å². The van der Waals surface area contributed by atoms with E-state index >= 15 is 0 Å². The Labute approximate surface area is 122 Å². The van der Waals surface area contributed by atoms with Gasteiger partial charge in [-0.25, -0.2) is 0 Å². The van der Waals surface area contributed by atoms with Gasteiger partial charge in [-0.05, 0) is 24.2 Å². The summed E-state index contributed by atoms with van der Waals surface area (Å²) >= 11 is 0. The molecule has 1 N–H and O–H groups in total. The number of methoxy groups -OCH3 is 1. The van der Waals surface area contributed by atoms with E-state index in [2.05, 4.69) is 10.1 Å². The normalized spacial score (nSPS) is 13.2. The summed E-state index contributed by atoms with van der Waals surface area (Å²) in [5.74, 6) is -0.236. The van der Waals surface area contributed by atoms with Crippen LogP contribution in [0.15, 0.2) is 24.3 Å². The molecule has 0 fully saturated rings. The lowest BCUT2D eigenvalue weighted by atomic mass is 10.1. The summed E-state index contributed by atoms with van der Waals surface area (Å²) in [5.41, 5.74) is 0.677. The zero-order chi connectivity index (χ0) is 15.7. The topological polar surface area (TPSA) is 39.7 Å². The predicted octanol–water partition coefficient (Wildman–Crippen LogP) is 2.90. The maximum absolute atomic E-state index is 12.2. The van der Waals surface area contributed by atoms with Gasteiger partial charge in [0.25, 0.3) is 0 Å². The molecule has 0 aliphatic heterocycles. The summed E-state index contributed by atoms with van der Waals surface area (Å²) in [4.78, 5) is 0. The van der Waals surface area contributed by atoms with Crippen molar-refractivity contribution in [3.8, 4) is 5.75 Å². The second kappa shape index (κ2) is 8.86. The fourth-order valence-corrected chi connectivity index (χ4v) is 1.79. The average molecular weight is 307 g/mol. The van der Waals surface area contributed by atoms with Crippen molar-refractivity contribution in [1.82, 2.24) is 5.32 Å². The maximum Gasteiger partial charge on any atom is 0.573 e. The lowest BCUT2D eigenvalue weighted by Gasteiger charge is -2.19. The smallest absolute Gasteiger partial charge is 0.406 e. The van der Waals surface area contributed by atoms with Gasteiger partial charge >= 0.3 is 6.36 Å². The Balaban J connectivity index is 2.70. The van der Waals surface area contributed by atoms with Gasteiger partial charge in [0.05, 0.1) is 25.9 Å². The second-order valence-corrected chi connectivity index (χ2v) is 4.30. The molecule has 0 aromatic heterocycles. The monoisotopic (exact) mass is 307 g/mol. The number of rotatable bonds is 9. The number of likely N-dealkylation sites (N-methyl/N-ethyl adjacent to an activating group) is 1. The Bertz CT molecular complexity index is 413. The van der Waals surface area contributed by atoms with E-state index < -0.39 is 6.36 Å². The molecule has 0 aliphatic rings. The first kappa shape index (κ1) is 17.7. The Kier molecular flexibility index (Phi) is 7.49. The minimum absolute atomic E-state index is 0.205. The largest absolute Gasteiger partial charge is 0.573 e. The molecule has 1 unspecified atom stereocenters. The predicted molar refractivity (Wildman–Crippen MR) is 72.2 cm³/mol. The summed E-state index contributed by atoms with van der Waals surface area (Å²) in [6.45, 7) is 3.82. The summed E-state index contributed by atoms with van der Waals surface area (Å²) in [6.07, 6.45) is -4.69. The molecule has 0 spiro atoms. The zero-order valence-electron chi connectivity index (χ0n) is 12.1. The first-order chi connectivity index (χ1) is 9.96. The standard InChI is InChI=1S/C14H20F3NO3/c1-3-18-13(10-20-8-7-19-2)11-5-4-6-12(9-11)21-14(15,16)17/h4-6,9,13,18H,3,7-8,10H2,1-2H3. The van der Waals surface area contributed by atoms with Crippen LogP contribution in [0, 0.1) is 0 Å². The minimum atomic E-state index is -4.69. The van der Waals surface area contributed by atoms with Crippen LogP contribution >= 0.6 is 0 Å². The van der Waals surface area contributed by atoms with Gasteiger partial charge in [-0.3, -0.25) is 0 Å². The van der Waals surface area contributed by atoms with E-state index in [9.17, 15) is 13.2 Å². The number of benzene rings is 1. The lowest BCUT2D eigenvalue weighted by Crippen LogP contribution is -2.26. The van der Waals surface area contributed by atoms with Crippen LogP contribution in [-0.4, -0.2) is 39.8 Å². The quantitative estimate of drug-likeness (QED) is 0.712. The fourth-order valence-electron chi connectivity index (χ4n) is 1.79. The number of halogens is 3.